The van der Waals surface area contributed by atoms with Crippen LogP contribution in [-0.2, 0) is 6.54 Å². The van der Waals surface area contributed by atoms with Crippen LogP contribution in [0.15, 0.2) is 12.1 Å². The van der Waals surface area contributed by atoms with Crippen molar-refractivity contribution in [2.45, 2.75) is 54.0 Å². The molecule has 0 unspecified atom stereocenters. The summed E-state index contributed by atoms with van der Waals surface area (Å²) in [5, 5.41) is 0. The van der Waals surface area contributed by atoms with Gasteiger partial charge in [-0.1, -0.05) is 41.5 Å². The molecule has 1 aromatic rings. The zero-order chi connectivity index (χ0) is 15.3. The van der Waals surface area contributed by atoms with Gasteiger partial charge in [-0.25, -0.2) is 4.98 Å². The maximum absolute atomic E-state index is 5.84. The van der Waals surface area contributed by atoms with E-state index in [1.807, 2.05) is 0 Å². The number of hydrogen-bond donors (Lipinski definition) is 1. The number of nitrogens with zero attached hydrogens (tertiary/aromatic N) is 2. The van der Waals surface area contributed by atoms with Crippen LogP contribution < -0.4 is 10.6 Å². The Labute approximate surface area is 124 Å². The lowest BCUT2D eigenvalue weighted by molar-refractivity contribution is 0.547. The van der Waals surface area contributed by atoms with Crippen molar-refractivity contribution in [3.8, 4) is 0 Å². The molecule has 2 N–H and O–H groups in total. The summed E-state index contributed by atoms with van der Waals surface area (Å²) >= 11 is 0. The van der Waals surface area contributed by atoms with Crippen LogP contribution in [0, 0.1) is 11.8 Å². The van der Waals surface area contributed by atoms with Crippen molar-refractivity contribution in [3.05, 3.63) is 23.4 Å². The van der Waals surface area contributed by atoms with Crippen LogP contribution in [0.2, 0.25) is 0 Å². The minimum atomic E-state index is 0.431. The van der Waals surface area contributed by atoms with Gasteiger partial charge in [-0.3, -0.25) is 0 Å². The molecular formula is C17H31N3. The molecule has 1 heterocycles. The Bertz CT molecular complexity index is 401. The SMILES string of the molecule is CC(C)CN(CC(C)C)c1cc(CN)cc(C(C)C)n1. The van der Waals surface area contributed by atoms with E-state index in [9.17, 15) is 0 Å². The number of nitrogens with two attached hydrogens (primary N) is 1. The van der Waals surface area contributed by atoms with Gasteiger partial charge in [0.1, 0.15) is 5.82 Å². The van der Waals surface area contributed by atoms with Crippen molar-refractivity contribution in [3.63, 3.8) is 0 Å². The molecule has 0 aliphatic heterocycles. The molecule has 0 atom stereocenters. The van der Waals surface area contributed by atoms with Gasteiger partial charge in [0.25, 0.3) is 0 Å². The average molecular weight is 277 g/mol. The van der Waals surface area contributed by atoms with Gasteiger partial charge < -0.3 is 10.6 Å². The third kappa shape index (κ3) is 5.12. The molecule has 20 heavy (non-hydrogen) atoms. The Kier molecular flexibility index (Phi) is 6.47. The smallest absolute Gasteiger partial charge is 0.129 e. The van der Waals surface area contributed by atoms with Gasteiger partial charge in [0.2, 0.25) is 0 Å². The average Bonchev–Trinajstić information content (AvgIpc) is 2.36. The van der Waals surface area contributed by atoms with E-state index in [1.165, 1.54) is 5.56 Å². The van der Waals surface area contributed by atoms with Crippen molar-refractivity contribution in [2.24, 2.45) is 17.6 Å². The van der Waals surface area contributed by atoms with Crippen LogP contribution in [0.5, 0.6) is 0 Å². The monoisotopic (exact) mass is 277 g/mol. The lowest BCUT2D eigenvalue weighted by Crippen LogP contribution is -2.32. The molecule has 3 nitrogen and oxygen atoms in total. The van der Waals surface area contributed by atoms with Crippen LogP contribution >= 0.6 is 0 Å². The fourth-order valence-corrected chi connectivity index (χ4v) is 2.31. The summed E-state index contributed by atoms with van der Waals surface area (Å²) < 4.78 is 0. The van der Waals surface area contributed by atoms with Gasteiger partial charge in [0.15, 0.2) is 0 Å². The highest BCUT2D eigenvalue weighted by Gasteiger charge is 2.14. The number of rotatable bonds is 7. The molecule has 0 aliphatic carbocycles. The predicted octanol–water partition coefficient (Wildman–Crippen LogP) is 3.78. The molecule has 0 fully saturated rings. The Hall–Kier alpha value is -1.09. The zero-order valence-corrected chi connectivity index (χ0v) is 14.0. The molecule has 0 aromatic carbocycles. The highest BCUT2D eigenvalue weighted by molar-refractivity contribution is 5.43. The van der Waals surface area contributed by atoms with E-state index in [4.69, 9.17) is 10.7 Å². The summed E-state index contributed by atoms with van der Waals surface area (Å²) in [6, 6.07) is 4.29. The van der Waals surface area contributed by atoms with Gasteiger partial charge in [-0.05, 0) is 35.4 Å². The maximum Gasteiger partial charge on any atom is 0.129 e. The van der Waals surface area contributed by atoms with Crippen LogP contribution in [0.1, 0.15) is 58.7 Å². The standard InChI is InChI=1S/C17H31N3/c1-12(2)10-20(11-13(3)4)17-8-15(9-18)7-16(19-17)14(5)6/h7-8,12-14H,9-11,18H2,1-6H3. The Balaban J connectivity index is 3.13. The molecule has 0 saturated heterocycles. The highest BCUT2D eigenvalue weighted by Crippen LogP contribution is 2.22. The second-order valence-corrected chi connectivity index (χ2v) is 6.81. The lowest BCUT2D eigenvalue weighted by atomic mass is 10.1. The number of pyridine rings is 1. The van der Waals surface area contributed by atoms with E-state index < -0.39 is 0 Å². The molecule has 0 bridgehead atoms. The molecule has 1 rings (SSSR count). The van der Waals surface area contributed by atoms with Crippen LogP contribution in [-0.4, -0.2) is 18.1 Å². The quantitative estimate of drug-likeness (QED) is 0.824. The van der Waals surface area contributed by atoms with E-state index in [2.05, 4.69) is 58.6 Å². The second kappa shape index (κ2) is 7.63. The zero-order valence-electron chi connectivity index (χ0n) is 14.0. The van der Waals surface area contributed by atoms with Crippen LogP contribution in [0.25, 0.3) is 0 Å². The third-order valence-electron chi connectivity index (χ3n) is 3.21. The van der Waals surface area contributed by atoms with Gasteiger partial charge in [0, 0.05) is 25.3 Å². The highest BCUT2D eigenvalue weighted by atomic mass is 15.2. The van der Waals surface area contributed by atoms with Gasteiger partial charge >= 0.3 is 0 Å². The fourth-order valence-electron chi connectivity index (χ4n) is 2.31. The summed E-state index contributed by atoms with van der Waals surface area (Å²) in [5.41, 5.74) is 8.16. The summed E-state index contributed by atoms with van der Waals surface area (Å²) in [7, 11) is 0. The minimum absolute atomic E-state index is 0.431. The van der Waals surface area contributed by atoms with Crippen molar-refractivity contribution in [1.82, 2.24) is 4.98 Å². The van der Waals surface area contributed by atoms with E-state index >= 15 is 0 Å². The Morgan fingerprint density at radius 1 is 1.00 bits per heavy atom. The van der Waals surface area contributed by atoms with Gasteiger partial charge in [-0.15, -0.1) is 0 Å². The minimum Gasteiger partial charge on any atom is -0.356 e. The van der Waals surface area contributed by atoms with Gasteiger partial charge in [0.05, 0.1) is 0 Å². The molecule has 0 saturated carbocycles. The number of hydrogen-bond acceptors (Lipinski definition) is 3. The van der Waals surface area contributed by atoms with Crippen molar-refractivity contribution in [1.29, 1.82) is 0 Å². The largest absolute Gasteiger partial charge is 0.356 e. The fraction of sp³-hybridized carbons (Fsp3) is 0.706. The summed E-state index contributed by atoms with van der Waals surface area (Å²) in [5.74, 6) is 2.76. The summed E-state index contributed by atoms with van der Waals surface area (Å²) in [4.78, 5) is 7.26. The molecule has 114 valence electrons. The Morgan fingerprint density at radius 3 is 1.95 bits per heavy atom. The van der Waals surface area contributed by atoms with E-state index in [1.54, 1.807) is 0 Å². The third-order valence-corrected chi connectivity index (χ3v) is 3.21. The topological polar surface area (TPSA) is 42.1 Å². The van der Waals surface area contributed by atoms with Crippen LogP contribution in [0.4, 0.5) is 5.82 Å². The molecule has 1 aromatic heterocycles. The first kappa shape index (κ1) is 17.0. The molecular weight excluding hydrogens is 246 g/mol. The number of aromatic nitrogens is 1. The van der Waals surface area contributed by atoms with Crippen molar-refractivity contribution in [2.75, 3.05) is 18.0 Å². The molecule has 0 amide bonds. The molecule has 0 radical (unpaired) electrons. The maximum atomic E-state index is 5.84. The summed E-state index contributed by atoms with van der Waals surface area (Å²) in [6.07, 6.45) is 0. The van der Waals surface area contributed by atoms with Crippen LogP contribution in [0.3, 0.4) is 0 Å². The first-order chi connectivity index (χ1) is 9.33. The summed E-state index contributed by atoms with van der Waals surface area (Å²) in [6.45, 7) is 16.0. The molecule has 0 spiro atoms. The van der Waals surface area contributed by atoms with E-state index in [-0.39, 0.29) is 0 Å². The predicted molar refractivity (Wildman–Crippen MR) is 88.1 cm³/mol. The lowest BCUT2D eigenvalue weighted by Gasteiger charge is -2.28. The van der Waals surface area contributed by atoms with E-state index in [0.29, 0.717) is 24.3 Å². The second-order valence-electron chi connectivity index (χ2n) is 6.81. The Morgan fingerprint density at radius 2 is 1.55 bits per heavy atom. The number of anilines is 1. The molecule has 0 aliphatic rings. The first-order valence-electron chi connectivity index (χ1n) is 7.79. The van der Waals surface area contributed by atoms with Crippen molar-refractivity contribution >= 4 is 5.82 Å². The molecule has 3 heteroatoms. The normalized spacial score (nSPS) is 11.7. The first-order valence-corrected chi connectivity index (χ1v) is 7.79. The van der Waals surface area contributed by atoms with E-state index in [0.717, 1.165) is 24.6 Å². The van der Waals surface area contributed by atoms with Gasteiger partial charge in [-0.2, -0.15) is 0 Å². The van der Waals surface area contributed by atoms with Crippen molar-refractivity contribution < 1.29 is 0 Å².